The molecule has 0 bridgehead atoms. The molecule has 4 nitrogen and oxygen atoms in total. The van der Waals surface area contributed by atoms with Crippen molar-refractivity contribution in [2.24, 2.45) is 0 Å². The molecule has 0 heterocycles. The lowest BCUT2D eigenvalue weighted by molar-refractivity contribution is 0.101. The van der Waals surface area contributed by atoms with Crippen molar-refractivity contribution in [2.45, 2.75) is 6.92 Å². The highest BCUT2D eigenvalue weighted by Crippen LogP contribution is 2.15. The van der Waals surface area contributed by atoms with Gasteiger partial charge in [-0.3, -0.25) is 4.79 Å². The minimum absolute atomic E-state index is 0.0200. The third kappa shape index (κ3) is 3.83. The molecule has 0 radical (unpaired) electrons. The van der Waals surface area contributed by atoms with Crippen molar-refractivity contribution in [3.63, 3.8) is 0 Å². The number of halogens is 1. The average molecular weight is 263 g/mol. The zero-order valence-electron chi connectivity index (χ0n) is 8.64. The fourth-order valence-corrected chi connectivity index (χ4v) is 2.27. The fraction of sp³-hybridized carbons (Fsp3) is 0.300. The second kappa shape index (κ2) is 5.32. The maximum absolute atomic E-state index is 11.2. The van der Waals surface area contributed by atoms with Gasteiger partial charge in [-0.1, -0.05) is 0 Å². The Morgan fingerprint density at radius 1 is 1.31 bits per heavy atom. The van der Waals surface area contributed by atoms with Gasteiger partial charge < -0.3 is 4.18 Å². The van der Waals surface area contributed by atoms with Crippen molar-refractivity contribution in [2.75, 3.05) is 11.6 Å². The number of rotatable bonds is 5. The topological polar surface area (TPSA) is 60.4 Å². The second-order valence-corrected chi connectivity index (χ2v) is 5.18. The number of hydrogen-bond donors (Lipinski definition) is 0. The summed E-state index contributed by atoms with van der Waals surface area (Å²) in [4.78, 5) is 11.0. The molecule has 0 atom stereocenters. The number of benzene rings is 1. The summed E-state index contributed by atoms with van der Waals surface area (Å²) >= 11 is 5.32. The van der Waals surface area contributed by atoms with Gasteiger partial charge in [0.2, 0.25) is 0 Å². The highest BCUT2D eigenvalue weighted by Gasteiger charge is 2.11. The first-order valence-corrected chi connectivity index (χ1v) is 6.65. The molecule has 88 valence electrons. The molecule has 0 fully saturated rings. The smallest absolute Gasteiger partial charge is 0.310 e. The van der Waals surface area contributed by atoms with Crippen molar-refractivity contribution in [1.82, 2.24) is 0 Å². The molecule has 0 saturated heterocycles. The Balaban J connectivity index is 2.80. The second-order valence-electron chi connectivity index (χ2n) is 3.11. The van der Waals surface area contributed by atoms with Gasteiger partial charge in [-0.15, -0.1) is 11.6 Å². The van der Waals surface area contributed by atoms with Gasteiger partial charge >= 0.3 is 10.1 Å². The molecule has 0 amide bonds. The summed E-state index contributed by atoms with van der Waals surface area (Å²) in [7, 11) is -3.63. The van der Waals surface area contributed by atoms with Crippen LogP contribution >= 0.6 is 11.6 Å². The average Bonchev–Trinajstić information content (AvgIpc) is 2.17. The van der Waals surface area contributed by atoms with E-state index in [0.717, 1.165) is 0 Å². The van der Waals surface area contributed by atoms with Crippen LogP contribution in [0.2, 0.25) is 0 Å². The van der Waals surface area contributed by atoms with Crippen LogP contribution in [0.15, 0.2) is 24.3 Å². The summed E-state index contributed by atoms with van der Waals surface area (Å²) in [5.74, 6) is -0.179. The molecule has 0 aliphatic carbocycles. The van der Waals surface area contributed by atoms with Crippen LogP contribution in [0.3, 0.4) is 0 Å². The van der Waals surface area contributed by atoms with E-state index in [1.807, 2.05) is 0 Å². The predicted octanol–water partition coefficient (Wildman–Crippen LogP) is 1.84. The van der Waals surface area contributed by atoms with Crippen molar-refractivity contribution >= 4 is 27.5 Å². The molecule has 16 heavy (non-hydrogen) atoms. The van der Waals surface area contributed by atoms with E-state index in [2.05, 4.69) is 0 Å². The maximum Gasteiger partial charge on any atom is 0.310 e. The SMILES string of the molecule is CC(=O)c1ccc(OS(=O)(=O)CCCl)cc1. The van der Waals surface area contributed by atoms with Gasteiger partial charge in [0.15, 0.2) is 5.78 Å². The summed E-state index contributed by atoms with van der Waals surface area (Å²) in [6.45, 7) is 1.43. The molecule has 1 aromatic carbocycles. The molecule has 0 spiro atoms. The van der Waals surface area contributed by atoms with E-state index >= 15 is 0 Å². The lowest BCUT2D eigenvalue weighted by Crippen LogP contribution is -2.14. The van der Waals surface area contributed by atoms with Crippen LogP contribution in [0.1, 0.15) is 17.3 Å². The minimum atomic E-state index is -3.63. The van der Waals surface area contributed by atoms with E-state index in [9.17, 15) is 13.2 Å². The van der Waals surface area contributed by atoms with Gasteiger partial charge in [0.25, 0.3) is 0 Å². The van der Waals surface area contributed by atoms with Crippen LogP contribution < -0.4 is 4.18 Å². The number of carbonyl (C=O) groups is 1. The van der Waals surface area contributed by atoms with Gasteiger partial charge in [0.05, 0.1) is 5.75 Å². The molecule has 0 N–H and O–H groups in total. The van der Waals surface area contributed by atoms with Crippen molar-refractivity contribution in [3.8, 4) is 5.75 Å². The van der Waals surface area contributed by atoms with E-state index in [1.54, 1.807) is 0 Å². The number of ketones is 1. The molecule has 0 aromatic heterocycles. The zero-order valence-corrected chi connectivity index (χ0v) is 10.2. The van der Waals surface area contributed by atoms with Crippen molar-refractivity contribution in [1.29, 1.82) is 0 Å². The highest BCUT2D eigenvalue weighted by atomic mass is 35.5. The summed E-state index contributed by atoms with van der Waals surface area (Å²) in [6, 6.07) is 5.88. The van der Waals surface area contributed by atoms with Crippen LogP contribution in [-0.2, 0) is 10.1 Å². The predicted molar refractivity (Wildman–Crippen MR) is 61.6 cm³/mol. The quantitative estimate of drug-likeness (QED) is 0.461. The number of alkyl halides is 1. The van der Waals surface area contributed by atoms with Crippen LogP contribution in [0.5, 0.6) is 5.75 Å². The number of carbonyl (C=O) groups excluding carboxylic acids is 1. The standard InChI is InChI=1S/C10H11ClO4S/c1-8(12)9-2-4-10(5-3-9)15-16(13,14)7-6-11/h2-5H,6-7H2,1H3. The van der Waals surface area contributed by atoms with Crippen LogP contribution in [0.25, 0.3) is 0 Å². The summed E-state index contributed by atoms with van der Waals surface area (Å²) < 4.78 is 27.2. The van der Waals surface area contributed by atoms with Gasteiger partial charge in [-0.05, 0) is 31.2 Å². The van der Waals surface area contributed by atoms with Crippen molar-refractivity contribution in [3.05, 3.63) is 29.8 Å². The molecule has 6 heteroatoms. The summed E-state index contributed by atoms with van der Waals surface area (Å²) in [5.41, 5.74) is 0.502. The first-order valence-electron chi connectivity index (χ1n) is 4.54. The van der Waals surface area contributed by atoms with Crippen LogP contribution in [0, 0.1) is 0 Å². The molecular formula is C10H11ClO4S. The Bertz CT molecular complexity index is 464. The largest absolute Gasteiger partial charge is 0.382 e. The molecule has 0 aliphatic heterocycles. The third-order valence-electron chi connectivity index (χ3n) is 1.81. The highest BCUT2D eigenvalue weighted by molar-refractivity contribution is 7.87. The first kappa shape index (κ1) is 13.0. The number of Topliss-reactive ketones (excluding diaryl/α,β-unsaturated/α-hetero) is 1. The Kier molecular flexibility index (Phi) is 4.32. The maximum atomic E-state index is 11.2. The van der Waals surface area contributed by atoms with E-state index in [-0.39, 0.29) is 23.2 Å². The minimum Gasteiger partial charge on any atom is -0.382 e. The van der Waals surface area contributed by atoms with E-state index in [1.165, 1.54) is 31.2 Å². The van der Waals surface area contributed by atoms with E-state index < -0.39 is 10.1 Å². The first-order chi connectivity index (χ1) is 7.44. The number of hydrogen-bond acceptors (Lipinski definition) is 4. The Hall–Kier alpha value is -1.07. The van der Waals surface area contributed by atoms with Gasteiger partial charge in [-0.25, -0.2) is 0 Å². The molecule has 0 aliphatic rings. The lowest BCUT2D eigenvalue weighted by Gasteiger charge is -2.05. The van der Waals surface area contributed by atoms with Gasteiger partial charge in [0, 0.05) is 11.4 Å². The monoisotopic (exact) mass is 262 g/mol. The molecule has 0 saturated carbocycles. The fourth-order valence-electron chi connectivity index (χ4n) is 1.03. The Morgan fingerprint density at radius 3 is 2.31 bits per heavy atom. The van der Waals surface area contributed by atoms with Crippen molar-refractivity contribution < 1.29 is 17.4 Å². The van der Waals surface area contributed by atoms with Crippen LogP contribution in [-0.4, -0.2) is 25.8 Å². The summed E-state index contributed by atoms with van der Waals surface area (Å²) in [6.07, 6.45) is 0. The lowest BCUT2D eigenvalue weighted by atomic mass is 10.1. The summed E-state index contributed by atoms with van der Waals surface area (Å²) in [5, 5.41) is 0. The van der Waals surface area contributed by atoms with E-state index in [0.29, 0.717) is 5.56 Å². The molecular weight excluding hydrogens is 252 g/mol. The normalized spacial score (nSPS) is 11.1. The van der Waals surface area contributed by atoms with Gasteiger partial charge in [-0.2, -0.15) is 8.42 Å². The molecule has 1 aromatic rings. The Morgan fingerprint density at radius 2 is 1.88 bits per heavy atom. The molecule has 0 unspecified atom stereocenters. The molecule has 1 rings (SSSR count). The van der Waals surface area contributed by atoms with Gasteiger partial charge in [0.1, 0.15) is 5.75 Å². The van der Waals surface area contributed by atoms with Crippen LogP contribution in [0.4, 0.5) is 0 Å². The zero-order chi connectivity index (χ0) is 12.2. The van der Waals surface area contributed by atoms with E-state index in [4.69, 9.17) is 15.8 Å². The Labute approximate surface area is 99.3 Å². The third-order valence-corrected chi connectivity index (χ3v) is 3.37.